The summed E-state index contributed by atoms with van der Waals surface area (Å²) in [6, 6.07) is 5.32. The number of carbonyl (C=O) groups is 1. The summed E-state index contributed by atoms with van der Waals surface area (Å²) in [7, 11) is 0. The Balaban J connectivity index is 2.01. The van der Waals surface area contributed by atoms with Crippen LogP contribution in [0.3, 0.4) is 0 Å². The van der Waals surface area contributed by atoms with Gasteiger partial charge in [-0.25, -0.2) is 0 Å². The lowest BCUT2D eigenvalue weighted by atomic mass is 10.0. The molecule has 20 heavy (non-hydrogen) atoms. The first kappa shape index (κ1) is 13.2. The summed E-state index contributed by atoms with van der Waals surface area (Å²) in [4.78, 5) is 12.7. The minimum Gasteiger partial charge on any atom is -0.384 e. The van der Waals surface area contributed by atoms with E-state index >= 15 is 0 Å². The van der Waals surface area contributed by atoms with Crippen LogP contribution < -0.4 is 5.32 Å². The van der Waals surface area contributed by atoms with E-state index in [4.69, 9.17) is 16.1 Å². The number of ketones is 1. The zero-order valence-electron chi connectivity index (χ0n) is 11.1. The molecule has 1 aliphatic rings. The molecular formula is C15H15ClN2O2. The minimum atomic E-state index is -0.0911. The fourth-order valence-corrected chi connectivity index (χ4v) is 2.52. The fraction of sp³-hybridized carbons (Fsp3) is 0.333. The second kappa shape index (κ2) is 5.29. The van der Waals surface area contributed by atoms with Crippen molar-refractivity contribution in [2.45, 2.75) is 25.7 Å². The smallest absolute Gasteiger partial charge is 0.200 e. The van der Waals surface area contributed by atoms with E-state index in [1.54, 1.807) is 18.2 Å². The second-order valence-corrected chi connectivity index (χ2v) is 5.31. The predicted octanol–water partition coefficient (Wildman–Crippen LogP) is 3.87. The molecule has 1 aromatic carbocycles. The van der Waals surface area contributed by atoms with E-state index in [2.05, 4.69) is 10.5 Å². The van der Waals surface area contributed by atoms with Crippen LogP contribution in [0.15, 0.2) is 28.9 Å². The summed E-state index contributed by atoms with van der Waals surface area (Å²) in [5.74, 6) is 0.960. The van der Waals surface area contributed by atoms with Crippen LogP contribution in [0.1, 0.15) is 47.4 Å². The third-order valence-electron chi connectivity index (χ3n) is 3.40. The van der Waals surface area contributed by atoms with E-state index < -0.39 is 0 Å². The van der Waals surface area contributed by atoms with Crippen LogP contribution in [-0.2, 0) is 0 Å². The Morgan fingerprint density at radius 1 is 1.45 bits per heavy atom. The molecule has 0 bridgehead atoms. The number of carbonyl (C=O) groups excluding carboxylic acids is 1. The molecule has 0 aliphatic heterocycles. The van der Waals surface area contributed by atoms with Gasteiger partial charge in [-0.3, -0.25) is 4.79 Å². The average Bonchev–Trinajstić information content (AvgIpc) is 3.18. The molecule has 0 spiro atoms. The number of para-hydroxylation sites is 1. The maximum atomic E-state index is 12.7. The van der Waals surface area contributed by atoms with Crippen molar-refractivity contribution in [1.29, 1.82) is 0 Å². The van der Waals surface area contributed by atoms with Crippen molar-refractivity contribution in [3.63, 3.8) is 0 Å². The van der Waals surface area contributed by atoms with Gasteiger partial charge in [-0.05, 0) is 31.9 Å². The number of hydrogen-bond donors (Lipinski definition) is 1. The van der Waals surface area contributed by atoms with Crippen LogP contribution in [0.25, 0.3) is 0 Å². The molecule has 1 fully saturated rings. The van der Waals surface area contributed by atoms with Gasteiger partial charge in [0.05, 0.1) is 22.5 Å². The molecular weight excluding hydrogens is 276 g/mol. The Morgan fingerprint density at radius 3 is 2.95 bits per heavy atom. The zero-order chi connectivity index (χ0) is 14.1. The number of aromatic nitrogens is 1. The molecule has 0 radical (unpaired) electrons. The summed E-state index contributed by atoms with van der Waals surface area (Å²) < 4.78 is 5.24. The average molecular weight is 291 g/mol. The maximum absolute atomic E-state index is 12.7. The van der Waals surface area contributed by atoms with E-state index in [-0.39, 0.29) is 5.78 Å². The molecule has 104 valence electrons. The van der Waals surface area contributed by atoms with Gasteiger partial charge in [0.25, 0.3) is 0 Å². The molecule has 4 nitrogen and oxygen atoms in total. The Kier molecular flexibility index (Phi) is 3.49. The summed E-state index contributed by atoms with van der Waals surface area (Å²) in [6.45, 7) is 2.66. The maximum Gasteiger partial charge on any atom is 0.200 e. The summed E-state index contributed by atoms with van der Waals surface area (Å²) in [5.41, 5.74) is 1.78. The third-order valence-corrected chi connectivity index (χ3v) is 3.72. The van der Waals surface area contributed by atoms with Crippen LogP contribution in [0, 0.1) is 0 Å². The van der Waals surface area contributed by atoms with Gasteiger partial charge >= 0.3 is 0 Å². The highest BCUT2D eigenvalue weighted by Crippen LogP contribution is 2.42. The van der Waals surface area contributed by atoms with Crippen LogP contribution in [0.5, 0.6) is 0 Å². The van der Waals surface area contributed by atoms with Crippen molar-refractivity contribution in [2.75, 3.05) is 11.9 Å². The largest absolute Gasteiger partial charge is 0.384 e. The molecule has 2 aromatic rings. The Morgan fingerprint density at radius 2 is 2.25 bits per heavy atom. The predicted molar refractivity (Wildman–Crippen MR) is 77.5 cm³/mol. The zero-order valence-corrected chi connectivity index (χ0v) is 11.9. The van der Waals surface area contributed by atoms with Crippen molar-refractivity contribution in [3.8, 4) is 0 Å². The van der Waals surface area contributed by atoms with Gasteiger partial charge < -0.3 is 9.84 Å². The van der Waals surface area contributed by atoms with E-state index in [1.165, 1.54) is 6.20 Å². The molecule has 0 amide bonds. The van der Waals surface area contributed by atoms with Gasteiger partial charge in [0.1, 0.15) is 0 Å². The van der Waals surface area contributed by atoms with Crippen LogP contribution in [-0.4, -0.2) is 17.5 Å². The minimum absolute atomic E-state index is 0.0911. The van der Waals surface area contributed by atoms with Crippen molar-refractivity contribution < 1.29 is 9.32 Å². The lowest BCUT2D eigenvalue weighted by Gasteiger charge is -2.11. The summed E-state index contributed by atoms with van der Waals surface area (Å²) in [5, 5.41) is 7.47. The number of hydrogen-bond acceptors (Lipinski definition) is 4. The standard InChI is InChI=1S/C15H15ClN2O2/c1-2-17-13-10(4-3-5-12(13)16)14(19)11-8-18-20-15(11)9-6-7-9/h3-5,8-9,17H,2,6-7H2,1H3. The van der Waals surface area contributed by atoms with E-state index in [0.717, 1.165) is 12.8 Å². The van der Waals surface area contributed by atoms with E-state index in [1.807, 2.05) is 6.92 Å². The third kappa shape index (κ3) is 2.31. The lowest BCUT2D eigenvalue weighted by molar-refractivity contribution is 0.103. The first-order valence-electron chi connectivity index (χ1n) is 6.74. The number of rotatable bonds is 5. The lowest BCUT2D eigenvalue weighted by Crippen LogP contribution is -2.09. The molecule has 0 atom stereocenters. The molecule has 0 saturated heterocycles. The fourth-order valence-electron chi connectivity index (χ4n) is 2.27. The van der Waals surface area contributed by atoms with Gasteiger partial charge in [0, 0.05) is 18.0 Å². The van der Waals surface area contributed by atoms with Crippen molar-refractivity contribution in [1.82, 2.24) is 5.16 Å². The Labute approximate surface area is 122 Å². The first-order chi connectivity index (χ1) is 9.72. The highest BCUT2D eigenvalue weighted by Gasteiger charge is 2.33. The van der Waals surface area contributed by atoms with Crippen molar-refractivity contribution >= 4 is 23.1 Å². The quantitative estimate of drug-likeness (QED) is 0.849. The van der Waals surface area contributed by atoms with Crippen molar-refractivity contribution in [3.05, 3.63) is 46.3 Å². The van der Waals surface area contributed by atoms with Gasteiger partial charge in [-0.2, -0.15) is 0 Å². The first-order valence-corrected chi connectivity index (χ1v) is 7.11. The number of nitrogens with zero attached hydrogens (tertiary/aromatic N) is 1. The second-order valence-electron chi connectivity index (χ2n) is 4.90. The van der Waals surface area contributed by atoms with E-state index in [0.29, 0.717) is 40.1 Å². The number of anilines is 1. The van der Waals surface area contributed by atoms with Crippen molar-refractivity contribution in [2.24, 2.45) is 0 Å². The molecule has 3 rings (SSSR count). The molecule has 5 heteroatoms. The SMILES string of the molecule is CCNc1c(Cl)cccc1C(=O)c1cnoc1C1CC1. The van der Waals surface area contributed by atoms with Crippen LogP contribution in [0.4, 0.5) is 5.69 Å². The van der Waals surface area contributed by atoms with Crippen LogP contribution in [0.2, 0.25) is 5.02 Å². The molecule has 1 saturated carbocycles. The monoisotopic (exact) mass is 290 g/mol. The molecule has 1 aromatic heterocycles. The highest BCUT2D eigenvalue weighted by atomic mass is 35.5. The molecule has 1 aliphatic carbocycles. The van der Waals surface area contributed by atoms with Gasteiger partial charge in [-0.1, -0.05) is 22.8 Å². The van der Waals surface area contributed by atoms with Gasteiger partial charge in [0.15, 0.2) is 11.5 Å². The Hall–Kier alpha value is -1.81. The van der Waals surface area contributed by atoms with Gasteiger partial charge in [0.2, 0.25) is 0 Å². The molecule has 1 N–H and O–H groups in total. The molecule has 0 unspecified atom stereocenters. The summed E-state index contributed by atoms with van der Waals surface area (Å²) >= 11 is 6.17. The Bertz CT molecular complexity index is 647. The summed E-state index contributed by atoms with van der Waals surface area (Å²) in [6.07, 6.45) is 3.63. The number of halogens is 1. The van der Waals surface area contributed by atoms with E-state index in [9.17, 15) is 4.79 Å². The topological polar surface area (TPSA) is 55.1 Å². The number of nitrogens with one attached hydrogen (secondary N) is 1. The molecule has 1 heterocycles. The number of benzene rings is 1. The highest BCUT2D eigenvalue weighted by molar-refractivity contribution is 6.34. The van der Waals surface area contributed by atoms with Crippen LogP contribution >= 0.6 is 11.6 Å². The normalized spacial score (nSPS) is 14.3. The van der Waals surface area contributed by atoms with Gasteiger partial charge in [-0.15, -0.1) is 0 Å².